The average molecular weight is 280 g/mol. The van der Waals surface area contributed by atoms with E-state index in [9.17, 15) is 10.1 Å². The first-order chi connectivity index (χ1) is 9.10. The zero-order valence-corrected chi connectivity index (χ0v) is 11.0. The highest BCUT2D eigenvalue weighted by Crippen LogP contribution is 2.23. The lowest BCUT2D eigenvalue weighted by atomic mass is 10.3. The molecule has 0 saturated heterocycles. The summed E-state index contributed by atoms with van der Waals surface area (Å²) in [6.45, 7) is 1.97. The van der Waals surface area contributed by atoms with Gasteiger partial charge in [0.05, 0.1) is 23.8 Å². The van der Waals surface area contributed by atoms with Crippen molar-refractivity contribution in [1.29, 1.82) is 0 Å². The number of rotatable bonds is 5. The van der Waals surface area contributed by atoms with E-state index in [2.05, 4.69) is 15.3 Å². The van der Waals surface area contributed by atoms with Crippen LogP contribution in [-0.4, -0.2) is 20.0 Å². The molecule has 7 nitrogen and oxygen atoms in total. The minimum atomic E-state index is -0.469. The van der Waals surface area contributed by atoms with Crippen LogP contribution in [0.3, 0.4) is 0 Å². The second kappa shape index (κ2) is 5.72. The molecule has 0 aromatic carbocycles. The van der Waals surface area contributed by atoms with Crippen molar-refractivity contribution in [2.24, 2.45) is 0 Å². The van der Waals surface area contributed by atoms with Gasteiger partial charge in [0.15, 0.2) is 0 Å². The number of anilines is 1. The van der Waals surface area contributed by atoms with Gasteiger partial charge in [0, 0.05) is 17.6 Å². The van der Waals surface area contributed by atoms with E-state index in [4.69, 9.17) is 5.11 Å². The maximum atomic E-state index is 10.9. The van der Waals surface area contributed by atoms with Crippen LogP contribution >= 0.6 is 11.3 Å². The molecule has 2 heterocycles. The number of hydrogen-bond donors (Lipinski definition) is 2. The van der Waals surface area contributed by atoms with Crippen LogP contribution in [0.25, 0.3) is 0 Å². The van der Waals surface area contributed by atoms with Crippen LogP contribution in [0.4, 0.5) is 11.5 Å². The molecule has 0 aliphatic carbocycles. The lowest BCUT2D eigenvalue weighted by molar-refractivity contribution is -0.384. The van der Waals surface area contributed by atoms with E-state index in [-0.39, 0.29) is 18.1 Å². The Morgan fingerprint density at radius 2 is 2.37 bits per heavy atom. The summed E-state index contributed by atoms with van der Waals surface area (Å²) in [6, 6.07) is 1.47. The number of aliphatic hydroxyl groups excluding tert-OH is 1. The Labute approximate surface area is 113 Å². The summed E-state index contributed by atoms with van der Waals surface area (Å²) >= 11 is 1.38. The van der Waals surface area contributed by atoms with Crippen LogP contribution in [0.2, 0.25) is 0 Å². The van der Waals surface area contributed by atoms with Gasteiger partial charge in [-0.25, -0.2) is 9.97 Å². The lowest BCUT2D eigenvalue weighted by Gasteiger charge is -2.04. The summed E-state index contributed by atoms with van der Waals surface area (Å²) in [7, 11) is 0. The fraction of sp³-hybridized carbons (Fsp3) is 0.273. The standard InChI is InChI=1S/C11H12N4O3S/c1-7-2-9(15(17)18)11(12-3-7)13-4-10-14-8(5-16)6-19-10/h2-3,6,16H,4-5H2,1H3,(H,12,13). The van der Waals surface area contributed by atoms with Gasteiger partial charge in [0.1, 0.15) is 5.01 Å². The number of pyridine rings is 1. The number of thiazole rings is 1. The maximum Gasteiger partial charge on any atom is 0.311 e. The Balaban J connectivity index is 2.12. The summed E-state index contributed by atoms with van der Waals surface area (Å²) in [6.07, 6.45) is 1.57. The molecule has 2 rings (SSSR count). The Morgan fingerprint density at radius 1 is 1.58 bits per heavy atom. The molecule has 0 spiro atoms. The normalized spacial score (nSPS) is 10.4. The SMILES string of the molecule is Cc1cnc(NCc2nc(CO)cs2)c([N+](=O)[O-])c1. The van der Waals surface area contributed by atoms with Crippen LogP contribution < -0.4 is 5.32 Å². The van der Waals surface area contributed by atoms with Gasteiger partial charge >= 0.3 is 5.69 Å². The summed E-state index contributed by atoms with van der Waals surface area (Å²) in [4.78, 5) is 18.6. The number of nitrogens with zero attached hydrogens (tertiary/aromatic N) is 3. The van der Waals surface area contributed by atoms with E-state index in [0.717, 1.165) is 10.6 Å². The monoisotopic (exact) mass is 280 g/mol. The molecule has 0 atom stereocenters. The van der Waals surface area contributed by atoms with E-state index < -0.39 is 4.92 Å². The third-order valence-electron chi connectivity index (χ3n) is 2.37. The molecule has 2 aromatic rings. The van der Waals surface area contributed by atoms with Gasteiger partial charge in [-0.3, -0.25) is 10.1 Å². The van der Waals surface area contributed by atoms with Gasteiger partial charge in [0.25, 0.3) is 0 Å². The zero-order chi connectivity index (χ0) is 13.8. The van der Waals surface area contributed by atoms with E-state index in [1.165, 1.54) is 17.4 Å². The van der Waals surface area contributed by atoms with Gasteiger partial charge in [0.2, 0.25) is 5.82 Å². The second-order valence-electron chi connectivity index (χ2n) is 3.88. The fourth-order valence-corrected chi connectivity index (χ4v) is 2.22. The third kappa shape index (κ3) is 3.24. The zero-order valence-electron chi connectivity index (χ0n) is 10.2. The topological polar surface area (TPSA) is 101 Å². The molecule has 0 radical (unpaired) electrons. The first-order valence-electron chi connectivity index (χ1n) is 5.49. The summed E-state index contributed by atoms with van der Waals surface area (Å²) < 4.78 is 0. The highest BCUT2D eigenvalue weighted by molar-refractivity contribution is 7.09. The summed E-state index contributed by atoms with van der Waals surface area (Å²) in [5.74, 6) is 0.219. The lowest BCUT2D eigenvalue weighted by Crippen LogP contribution is -2.05. The van der Waals surface area contributed by atoms with Crippen molar-refractivity contribution in [3.8, 4) is 0 Å². The Morgan fingerprint density at radius 3 is 3.00 bits per heavy atom. The molecule has 0 bridgehead atoms. The molecule has 0 unspecified atom stereocenters. The number of nitro groups is 1. The van der Waals surface area contributed by atoms with Crippen molar-refractivity contribution in [3.05, 3.63) is 44.0 Å². The molecule has 0 amide bonds. The first-order valence-corrected chi connectivity index (χ1v) is 6.37. The van der Waals surface area contributed by atoms with Crippen molar-refractivity contribution in [2.75, 3.05) is 5.32 Å². The predicted octanol–water partition coefficient (Wildman–Crippen LogP) is 1.86. The maximum absolute atomic E-state index is 10.9. The Bertz CT molecular complexity index is 599. The molecule has 0 aliphatic rings. The van der Waals surface area contributed by atoms with Gasteiger partial charge < -0.3 is 10.4 Å². The fourth-order valence-electron chi connectivity index (χ4n) is 1.49. The molecule has 0 saturated carbocycles. The molecule has 2 aromatic heterocycles. The Kier molecular flexibility index (Phi) is 4.03. The van der Waals surface area contributed by atoms with E-state index in [1.54, 1.807) is 18.5 Å². The van der Waals surface area contributed by atoms with Crippen molar-refractivity contribution in [2.45, 2.75) is 20.1 Å². The van der Waals surface area contributed by atoms with Crippen LogP contribution in [0.1, 0.15) is 16.3 Å². The van der Waals surface area contributed by atoms with Crippen LogP contribution in [0, 0.1) is 17.0 Å². The van der Waals surface area contributed by atoms with Gasteiger partial charge in [-0.15, -0.1) is 11.3 Å². The van der Waals surface area contributed by atoms with Crippen LogP contribution in [0.15, 0.2) is 17.6 Å². The first kappa shape index (κ1) is 13.4. The van der Waals surface area contributed by atoms with Crippen molar-refractivity contribution >= 4 is 22.8 Å². The smallest absolute Gasteiger partial charge is 0.311 e. The minimum Gasteiger partial charge on any atom is -0.390 e. The van der Waals surface area contributed by atoms with Crippen LogP contribution in [-0.2, 0) is 13.2 Å². The van der Waals surface area contributed by atoms with E-state index >= 15 is 0 Å². The minimum absolute atomic E-state index is 0.0565. The molecule has 8 heteroatoms. The quantitative estimate of drug-likeness (QED) is 0.640. The molecule has 19 heavy (non-hydrogen) atoms. The van der Waals surface area contributed by atoms with Crippen molar-refractivity contribution in [1.82, 2.24) is 9.97 Å². The molecular formula is C11H12N4O3S. The number of hydrogen-bond acceptors (Lipinski definition) is 7. The molecule has 100 valence electrons. The van der Waals surface area contributed by atoms with Crippen molar-refractivity contribution < 1.29 is 10.0 Å². The van der Waals surface area contributed by atoms with E-state index in [0.29, 0.717) is 12.2 Å². The predicted molar refractivity (Wildman–Crippen MR) is 71.0 cm³/mol. The second-order valence-corrected chi connectivity index (χ2v) is 4.82. The molecular weight excluding hydrogens is 268 g/mol. The number of aryl methyl sites for hydroxylation is 1. The number of aromatic nitrogens is 2. The molecule has 2 N–H and O–H groups in total. The van der Waals surface area contributed by atoms with Gasteiger partial charge in [-0.1, -0.05) is 0 Å². The molecule has 0 fully saturated rings. The highest BCUT2D eigenvalue weighted by Gasteiger charge is 2.15. The van der Waals surface area contributed by atoms with E-state index in [1.807, 2.05) is 0 Å². The Hall–Kier alpha value is -2.06. The third-order valence-corrected chi connectivity index (χ3v) is 3.27. The number of nitrogens with one attached hydrogen (secondary N) is 1. The van der Waals surface area contributed by atoms with Gasteiger partial charge in [-0.2, -0.15) is 0 Å². The summed E-state index contributed by atoms with van der Waals surface area (Å²) in [5.41, 5.74) is 1.26. The largest absolute Gasteiger partial charge is 0.390 e. The number of aliphatic hydroxyl groups is 1. The van der Waals surface area contributed by atoms with Crippen LogP contribution in [0.5, 0.6) is 0 Å². The van der Waals surface area contributed by atoms with Crippen molar-refractivity contribution in [3.63, 3.8) is 0 Å². The average Bonchev–Trinajstić information content (AvgIpc) is 2.85. The van der Waals surface area contributed by atoms with Gasteiger partial charge in [-0.05, 0) is 12.5 Å². The summed E-state index contributed by atoms with van der Waals surface area (Å²) in [5, 5.41) is 25.2. The highest BCUT2D eigenvalue weighted by atomic mass is 32.1. The molecule has 0 aliphatic heterocycles.